The number of aryl methyl sites for hydroxylation is 1. The Balaban J connectivity index is 1.73. The third kappa shape index (κ3) is 7.48. The third-order valence-electron chi connectivity index (χ3n) is 4.53. The fourth-order valence-electron chi connectivity index (χ4n) is 2.69. The molecule has 6 nitrogen and oxygen atoms in total. The number of benzene rings is 1. The molecule has 1 heterocycles. The van der Waals surface area contributed by atoms with Gasteiger partial charge in [0.1, 0.15) is 17.4 Å². The molecule has 0 amide bonds. The van der Waals surface area contributed by atoms with Crippen LogP contribution >= 0.6 is 11.3 Å². The first-order valence-electron chi connectivity index (χ1n) is 10.0. The lowest BCUT2D eigenvalue weighted by molar-refractivity contribution is 0.223. The number of ether oxygens (including phenoxy) is 1. The first-order valence-corrected chi connectivity index (χ1v) is 10.8. The second-order valence-electron chi connectivity index (χ2n) is 6.37. The van der Waals surface area contributed by atoms with Gasteiger partial charge in [0.2, 0.25) is 0 Å². The Bertz CT molecular complexity index is 710. The number of aliphatic imine (C=N–C) groups is 1. The Hall–Kier alpha value is -2.12. The summed E-state index contributed by atoms with van der Waals surface area (Å²) in [5.41, 5.74) is 1.18. The Morgan fingerprint density at radius 3 is 2.43 bits per heavy atom. The van der Waals surface area contributed by atoms with E-state index >= 15 is 0 Å². The summed E-state index contributed by atoms with van der Waals surface area (Å²) in [4.78, 5) is 12.4. The number of guanidine groups is 1. The van der Waals surface area contributed by atoms with Crippen LogP contribution < -0.4 is 15.4 Å². The van der Waals surface area contributed by atoms with E-state index in [9.17, 15) is 0 Å². The number of hydrogen-bond acceptors (Lipinski definition) is 5. The van der Waals surface area contributed by atoms with Crippen molar-refractivity contribution < 1.29 is 4.74 Å². The highest BCUT2D eigenvalue weighted by molar-refractivity contribution is 7.11. The van der Waals surface area contributed by atoms with E-state index in [2.05, 4.69) is 58.4 Å². The van der Waals surface area contributed by atoms with Crippen LogP contribution in [0.5, 0.6) is 5.75 Å². The zero-order valence-corrected chi connectivity index (χ0v) is 18.3. The van der Waals surface area contributed by atoms with E-state index in [0.717, 1.165) is 42.8 Å². The van der Waals surface area contributed by atoms with E-state index in [-0.39, 0.29) is 0 Å². The van der Waals surface area contributed by atoms with Crippen molar-refractivity contribution in [1.82, 2.24) is 20.5 Å². The van der Waals surface area contributed by atoms with Gasteiger partial charge in [0.25, 0.3) is 0 Å². The molecule has 0 saturated carbocycles. The van der Waals surface area contributed by atoms with E-state index in [4.69, 9.17) is 4.74 Å². The molecule has 0 radical (unpaired) electrons. The molecule has 2 aromatic rings. The number of likely N-dealkylation sites (N-methyl/N-ethyl adjacent to an activating group) is 1. The average Bonchev–Trinajstić information content (AvgIpc) is 3.20. The van der Waals surface area contributed by atoms with Gasteiger partial charge in [-0.2, -0.15) is 0 Å². The maximum atomic E-state index is 5.84. The van der Waals surface area contributed by atoms with Crippen molar-refractivity contribution in [3.8, 4) is 5.75 Å². The predicted molar refractivity (Wildman–Crippen MR) is 118 cm³/mol. The van der Waals surface area contributed by atoms with Crippen molar-refractivity contribution in [2.24, 2.45) is 4.99 Å². The number of nitrogens with zero attached hydrogens (tertiary/aromatic N) is 3. The predicted octanol–water partition coefficient (Wildman–Crippen LogP) is 3.29. The van der Waals surface area contributed by atoms with Crippen LogP contribution in [0.1, 0.15) is 36.2 Å². The van der Waals surface area contributed by atoms with Gasteiger partial charge in [-0.05, 0) is 37.2 Å². The van der Waals surface area contributed by atoms with Crippen molar-refractivity contribution in [3.05, 3.63) is 45.9 Å². The maximum absolute atomic E-state index is 5.84. The van der Waals surface area contributed by atoms with Gasteiger partial charge < -0.3 is 20.3 Å². The molecule has 28 heavy (non-hydrogen) atoms. The monoisotopic (exact) mass is 403 g/mol. The number of hydrogen-bond donors (Lipinski definition) is 2. The van der Waals surface area contributed by atoms with Crippen LogP contribution in [-0.2, 0) is 19.5 Å². The van der Waals surface area contributed by atoms with Crippen molar-refractivity contribution in [3.63, 3.8) is 0 Å². The number of rotatable bonds is 11. The van der Waals surface area contributed by atoms with Gasteiger partial charge in [-0.1, -0.05) is 32.9 Å². The van der Waals surface area contributed by atoms with Crippen LogP contribution in [0.25, 0.3) is 0 Å². The number of aromatic nitrogens is 1. The first kappa shape index (κ1) is 22.2. The maximum Gasteiger partial charge on any atom is 0.191 e. The van der Waals surface area contributed by atoms with Crippen LogP contribution in [0.15, 0.2) is 35.5 Å². The highest BCUT2D eigenvalue weighted by Crippen LogP contribution is 2.13. The molecule has 0 aliphatic rings. The summed E-state index contributed by atoms with van der Waals surface area (Å²) in [6.07, 6.45) is 2.98. The molecule has 0 aliphatic carbocycles. The highest BCUT2D eigenvalue weighted by atomic mass is 32.1. The molecule has 1 aromatic carbocycles. The lowest BCUT2D eigenvalue weighted by atomic mass is 10.2. The van der Waals surface area contributed by atoms with Crippen molar-refractivity contribution in [1.29, 1.82) is 0 Å². The van der Waals surface area contributed by atoms with Gasteiger partial charge >= 0.3 is 0 Å². The van der Waals surface area contributed by atoms with Crippen LogP contribution in [0.4, 0.5) is 0 Å². The fourth-order valence-corrected chi connectivity index (χ4v) is 3.50. The minimum absolute atomic E-state index is 0.684. The second-order valence-corrected chi connectivity index (χ2v) is 7.57. The molecule has 0 saturated heterocycles. The summed E-state index contributed by atoms with van der Waals surface area (Å²) in [7, 11) is 1.78. The quantitative estimate of drug-likeness (QED) is 0.445. The fraction of sp³-hybridized carbons (Fsp3) is 0.524. The molecular formula is C21H33N5OS. The minimum Gasteiger partial charge on any atom is -0.492 e. The minimum atomic E-state index is 0.684. The van der Waals surface area contributed by atoms with Crippen molar-refractivity contribution in [2.75, 3.05) is 33.3 Å². The molecule has 0 unspecified atom stereocenters. The molecule has 0 bridgehead atoms. The Kier molecular flexibility index (Phi) is 9.79. The van der Waals surface area contributed by atoms with E-state index < -0.39 is 0 Å². The van der Waals surface area contributed by atoms with Gasteiger partial charge in [-0.3, -0.25) is 4.99 Å². The Morgan fingerprint density at radius 2 is 1.82 bits per heavy atom. The summed E-state index contributed by atoms with van der Waals surface area (Å²) in [5, 5.41) is 7.72. The van der Waals surface area contributed by atoms with Gasteiger partial charge in [-0.25, -0.2) is 4.98 Å². The lowest BCUT2D eigenvalue weighted by Crippen LogP contribution is -2.36. The highest BCUT2D eigenvalue weighted by Gasteiger charge is 2.04. The van der Waals surface area contributed by atoms with Crippen molar-refractivity contribution >= 4 is 17.3 Å². The largest absolute Gasteiger partial charge is 0.492 e. The molecule has 2 rings (SSSR count). The summed E-state index contributed by atoms with van der Waals surface area (Å²) in [6, 6.07) is 8.22. The molecule has 0 spiro atoms. The summed E-state index contributed by atoms with van der Waals surface area (Å²) >= 11 is 1.74. The molecule has 0 atom stereocenters. The smallest absolute Gasteiger partial charge is 0.191 e. The van der Waals surface area contributed by atoms with Crippen LogP contribution in [0.2, 0.25) is 0 Å². The van der Waals surface area contributed by atoms with Gasteiger partial charge in [-0.15, -0.1) is 11.3 Å². The average molecular weight is 404 g/mol. The van der Waals surface area contributed by atoms with Gasteiger partial charge in [0.15, 0.2) is 5.96 Å². The van der Waals surface area contributed by atoms with E-state index in [1.165, 1.54) is 10.4 Å². The van der Waals surface area contributed by atoms with E-state index in [0.29, 0.717) is 19.7 Å². The summed E-state index contributed by atoms with van der Waals surface area (Å²) in [6.45, 7) is 11.7. The first-order chi connectivity index (χ1) is 13.7. The van der Waals surface area contributed by atoms with Crippen LogP contribution in [0.3, 0.4) is 0 Å². The van der Waals surface area contributed by atoms with E-state index in [1.54, 1.807) is 18.4 Å². The summed E-state index contributed by atoms with van der Waals surface area (Å²) < 4.78 is 5.84. The number of nitrogens with one attached hydrogen (secondary N) is 2. The summed E-state index contributed by atoms with van der Waals surface area (Å²) in [5.74, 6) is 1.68. The third-order valence-corrected chi connectivity index (χ3v) is 5.68. The van der Waals surface area contributed by atoms with Crippen molar-refractivity contribution in [2.45, 2.75) is 40.3 Å². The van der Waals surface area contributed by atoms with Gasteiger partial charge in [0, 0.05) is 31.2 Å². The lowest BCUT2D eigenvalue weighted by Gasteiger charge is -2.18. The normalized spacial score (nSPS) is 11.7. The molecule has 0 aliphatic heterocycles. The Morgan fingerprint density at radius 1 is 1.11 bits per heavy atom. The van der Waals surface area contributed by atoms with E-state index in [1.807, 2.05) is 18.3 Å². The SMILES string of the molecule is CCc1cnc(CNC(=NC)NCc2ccc(OCCN(CC)CC)cc2)s1. The standard InChI is InChI=1S/C21H33N5OS/c1-5-19-15-23-20(28-19)16-25-21(22-4)24-14-17-8-10-18(11-9-17)27-13-12-26(6-2)7-3/h8-11,15H,5-7,12-14,16H2,1-4H3,(H2,22,24,25). The topological polar surface area (TPSA) is 61.8 Å². The Labute approximate surface area is 173 Å². The molecule has 0 fully saturated rings. The molecule has 1 aromatic heterocycles. The molecule has 7 heteroatoms. The number of thiazole rings is 1. The zero-order valence-electron chi connectivity index (χ0n) is 17.5. The van der Waals surface area contributed by atoms with Gasteiger partial charge in [0.05, 0.1) is 6.54 Å². The molecule has 2 N–H and O–H groups in total. The van der Waals surface area contributed by atoms with Crippen LogP contribution in [-0.4, -0.2) is 49.1 Å². The van der Waals surface area contributed by atoms with Crippen LogP contribution in [0, 0.1) is 0 Å². The molecular weight excluding hydrogens is 370 g/mol. The second kappa shape index (κ2) is 12.4. The molecule has 154 valence electrons. The zero-order chi connectivity index (χ0) is 20.2.